The van der Waals surface area contributed by atoms with E-state index >= 15 is 0 Å². The number of methoxy groups -OCH3 is 1. The molecule has 2 aromatic carbocycles. The van der Waals surface area contributed by atoms with Gasteiger partial charge in [-0.05, 0) is 67.6 Å². The van der Waals surface area contributed by atoms with Crippen molar-refractivity contribution in [2.75, 3.05) is 63.6 Å². The lowest BCUT2D eigenvalue weighted by atomic mass is 10.0. The number of carbonyl (C=O) groups is 2. The minimum Gasteiger partial charge on any atom is -0.619 e. The van der Waals surface area contributed by atoms with Gasteiger partial charge in [0.1, 0.15) is 21.9 Å². The molecular formula is C35H39Cl2F2N3O11S. The number of carbonyl (C=O) groups excluding carboxylic acids is 2. The first-order valence-electron chi connectivity index (χ1n) is 16.9. The number of hydrogen-bond donors (Lipinski definition) is 1. The van der Waals surface area contributed by atoms with Crippen LogP contribution in [-0.2, 0) is 35.4 Å². The summed E-state index contributed by atoms with van der Waals surface area (Å²) in [7, 11) is -2.49. The van der Waals surface area contributed by atoms with E-state index in [9.17, 15) is 32.0 Å². The molecule has 2 aliphatic rings. The van der Waals surface area contributed by atoms with Gasteiger partial charge in [-0.3, -0.25) is 9.62 Å². The second kappa shape index (κ2) is 18.9. The quantitative estimate of drug-likeness (QED) is 0.0960. The third-order valence-electron chi connectivity index (χ3n) is 8.46. The maximum absolute atomic E-state index is 13.2. The Morgan fingerprint density at radius 1 is 1.06 bits per heavy atom. The van der Waals surface area contributed by atoms with Crippen molar-refractivity contribution in [3.8, 4) is 17.2 Å². The molecule has 1 saturated carbocycles. The second-order valence-electron chi connectivity index (χ2n) is 12.5. The Labute approximate surface area is 320 Å². The highest BCUT2D eigenvalue weighted by atomic mass is 35.5. The summed E-state index contributed by atoms with van der Waals surface area (Å²) < 4.78 is 86.9. The van der Waals surface area contributed by atoms with E-state index in [0.29, 0.717) is 30.9 Å². The van der Waals surface area contributed by atoms with Gasteiger partial charge in [0.05, 0.1) is 43.9 Å². The highest BCUT2D eigenvalue weighted by molar-refractivity contribution is 7.92. The molecule has 2 heterocycles. The zero-order valence-corrected chi connectivity index (χ0v) is 31.5. The molecule has 19 heteroatoms. The predicted molar refractivity (Wildman–Crippen MR) is 192 cm³/mol. The summed E-state index contributed by atoms with van der Waals surface area (Å²) in [4.78, 5) is 28.3. The SMILES string of the molecule is COc1ccc(C(=O)OCC(=O)O[C@@H](Cc2c(Cl)c[n+]([O-])cc2Cl)c2ccc(OC(F)F)c(OCC3CC3)c2)cc1NS(=O)(=O)CCCN1CCOCC1. The van der Waals surface area contributed by atoms with Crippen LogP contribution in [0.3, 0.4) is 0 Å². The van der Waals surface area contributed by atoms with Crippen molar-refractivity contribution in [1.29, 1.82) is 0 Å². The van der Waals surface area contributed by atoms with Crippen LogP contribution >= 0.6 is 23.2 Å². The largest absolute Gasteiger partial charge is 0.619 e. The zero-order valence-electron chi connectivity index (χ0n) is 29.1. The van der Waals surface area contributed by atoms with Gasteiger partial charge in [-0.25, -0.2) is 18.0 Å². The number of anilines is 1. The highest BCUT2D eigenvalue weighted by Gasteiger charge is 2.27. The molecule has 14 nitrogen and oxygen atoms in total. The maximum atomic E-state index is 13.2. The minimum absolute atomic E-state index is 0.00374. The monoisotopic (exact) mass is 817 g/mol. The molecular weight excluding hydrogens is 779 g/mol. The van der Waals surface area contributed by atoms with Crippen LogP contribution in [0.5, 0.6) is 17.2 Å². The van der Waals surface area contributed by atoms with E-state index < -0.39 is 41.3 Å². The fourth-order valence-corrected chi connectivity index (χ4v) is 7.20. The molecule has 294 valence electrons. The van der Waals surface area contributed by atoms with Crippen molar-refractivity contribution in [2.24, 2.45) is 5.92 Å². The first kappa shape index (κ1) is 41.0. The number of nitrogens with one attached hydrogen (secondary N) is 1. The zero-order chi connectivity index (χ0) is 38.8. The van der Waals surface area contributed by atoms with E-state index in [1.54, 1.807) is 0 Å². The molecule has 1 N–H and O–H groups in total. The number of aromatic nitrogens is 1. The van der Waals surface area contributed by atoms with Crippen LogP contribution in [0, 0.1) is 11.1 Å². The third-order valence-corrected chi connectivity index (χ3v) is 10.5. The number of halogens is 4. The van der Waals surface area contributed by atoms with Crippen molar-refractivity contribution < 1.29 is 59.9 Å². The molecule has 0 amide bonds. The van der Waals surface area contributed by atoms with Gasteiger partial charge in [0, 0.05) is 25.1 Å². The Morgan fingerprint density at radius 3 is 2.43 bits per heavy atom. The number of esters is 2. The number of ether oxygens (including phenoxy) is 6. The van der Waals surface area contributed by atoms with E-state index in [1.165, 1.54) is 43.5 Å². The summed E-state index contributed by atoms with van der Waals surface area (Å²) in [6.07, 6.45) is 2.97. The maximum Gasteiger partial charge on any atom is 0.387 e. The fourth-order valence-electron chi connectivity index (χ4n) is 5.50. The van der Waals surface area contributed by atoms with Gasteiger partial charge in [-0.15, -0.1) is 0 Å². The van der Waals surface area contributed by atoms with E-state index in [-0.39, 0.29) is 74.4 Å². The number of morpholine rings is 1. The van der Waals surface area contributed by atoms with Crippen LogP contribution in [0.2, 0.25) is 10.0 Å². The molecule has 5 rings (SSSR count). The lowest BCUT2D eigenvalue weighted by Crippen LogP contribution is -2.37. The Kier molecular flexibility index (Phi) is 14.4. The summed E-state index contributed by atoms with van der Waals surface area (Å²) in [6, 6.07) is 7.93. The normalized spacial score (nSPS) is 15.4. The van der Waals surface area contributed by atoms with Gasteiger partial charge < -0.3 is 33.6 Å². The van der Waals surface area contributed by atoms with E-state index in [0.717, 1.165) is 38.3 Å². The van der Waals surface area contributed by atoms with Crippen molar-refractivity contribution in [1.82, 2.24) is 4.90 Å². The molecule has 0 radical (unpaired) electrons. The summed E-state index contributed by atoms with van der Waals surface area (Å²) >= 11 is 12.6. The number of nitrogens with zero attached hydrogens (tertiary/aromatic N) is 2. The summed E-state index contributed by atoms with van der Waals surface area (Å²) in [5.41, 5.74) is 0.413. The van der Waals surface area contributed by atoms with E-state index in [2.05, 4.69) is 14.4 Å². The Morgan fingerprint density at radius 2 is 1.76 bits per heavy atom. The van der Waals surface area contributed by atoms with E-state index in [4.69, 9.17) is 46.9 Å². The van der Waals surface area contributed by atoms with Crippen molar-refractivity contribution in [2.45, 2.75) is 38.4 Å². The van der Waals surface area contributed by atoms with Gasteiger partial charge in [-0.2, -0.15) is 13.5 Å². The van der Waals surface area contributed by atoms with Gasteiger partial charge >= 0.3 is 18.6 Å². The molecule has 2 fully saturated rings. The number of rotatable bonds is 19. The Bertz CT molecular complexity index is 1870. The van der Waals surface area contributed by atoms with Crippen LogP contribution in [0.1, 0.15) is 46.9 Å². The number of pyridine rings is 1. The van der Waals surface area contributed by atoms with Gasteiger partial charge in [0.15, 0.2) is 30.5 Å². The molecule has 1 saturated heterocycles. The topological polar surface area (TPSA) is 166 Å². The molecule has 0 bridgehead atoms. The number of benzene rings is 2. The molecule has 1 aliphatic carbocycles. The first-order valence-corrected chi connectivity index (χ1v) is 19.3. The van der Waals surface area contributed by atoms with Gasteiger partial charge in [0.25, 0.3) is 0 Å². The van der Waals surface area contributed by atoms with Crippen molar-refractivity contribution in [3.05, 3.63) is 80.7 Å². The molecule has 54 heavy (non-hydrogen) atoms. The lowest BCUT2D eigenvalue weighted by molar-refractivity contribution is -0.605. The fraction of sp³-hybridized carbons (Fsp3) is 0.457. The Balaban J connectivity index is 1.28. The number of hydrogen-bond acceptors (Lipinski definition) is 12. The third kappa shape index (κ3) is 12.2. The summed E-state index contributed by atoms with van der Waals surface area (Å²) in [5, 5.41) is 11.8. The molecule has 1 aliphatic heterocycles. The van der Waals surface area contributed by atoms with Gasteiger partial charge in [0.2, 0.25) is 10.0 Å². The molecule has 1 aromatic heterocycles. The number of alkyl halides is 2. The van der Waals surface area contributed by atoms with Crippen LogP contribution in [0.4, 0.5) is 14.5 Å². The molecule has 3 aromatic rings. The van der Waals surface area contributed by atoms with Crippen LogP contribution in [-0.4, -0.2) is 90.8 Å². The van der Waals surface area contributed by atoms with Crippen LogP contribution in [0.15, 0.2) is 48.8 Å². The highest BCUT2D eigenvalue weighted by Crippen LogP contribution is 2.38. The second-order valence-corrected chi connectivity index (χ2v) is 15.2. The van der Waals surface area contributed by atoms with Crippen LogP contribution < -0.4 is 23.7 Å². The number of sulfonamides is 1. The van der Waals surface area contributed by atoms with Gasteiger partial charge in [-0.1, -0.05) is 29.3 Å². The average Bonchev–Trinajstić information content (AvgIpc) is 3.96. The molecule has 0 unspecified atom stereocenters. The molecule has 0 spiro atoms. The lowest BCUT2D eigenvalue weighted by Gasteiger charge is -2.26. The standard InChI is InChI=1S/C35H39Cl2F2N3O11S/c1-48-29-7-6-24(15-28(29)40-54(46,47)14-2-9-41-10-12-49-13-11-41)34(44)51-21-33(43)52-31(17-25-26(36)18-42(45)19-27(25)37)23-5-8-30(53-35(38)39)32(16-23)50-20-22-3-4-22/h5-8,15-16,18-19,22,31,35,40H,2-4,9-14,17,20-21H2,1H3/t31-/m0/s1. The van der Waals surface area contributed by atoms with Crippen LogP contribution in [0.25, 0.3) is 0 Å². The Hall–Kier alpha value is -4.16. The summed E-state index contributed by atoms with van der Waals surface area (Å²) in [5.74, 6) is -2.00. The van der Waals surface area contributed by atoms with Crippen molar-refractivity contribution in [3.63, 3.8) is 0 Å². The van der Waals surface area contributed by atoms with E-state index in [1.807, 2.05) is 0 Å². The smallest absolute Gasteiger partial charge is 0.387 e. The van der Waals surface area contributed by atoms with Crippen molar-refractivity contribution >= 4 is 50.9 Å². The predicted octanol–water partition coefficient (Wildman–Crippen LogP) is 5.17. The first-order chi connectivity index (χ1) is 25.8. The molecule has 1 atom stereocenters. The average molecular weight is 819 g/mol. The summed E-state index contributed by atoms with van der Waals surface area (Å²) in [6.45, 7) is -0.544. The minimum atomic E-state index is -3.83.